The third-order valence-electron chi connectivity index (χ3n) is 3.05. The Hall–Kier alpha value is -2.89. The number of carbonyl (C=O) groups is 1. The topological polar surface area (TPSA) is 94.0 Å². The number of carbonyl (C=O) groups excluding carboxylic acids is 1. The van der Waals surface area contributed by atoms with Crippen molar-refractivity contribution >= 4 is 22.5 Å². The van der Waals surface area contributed by atoms with E-state index in [1.165, 1.54) is 0 Å². The Morgan fingerprint density at radius 3 is 2.75 bits per heavy atom. The molecule has 3 N–H and O–H groups in total. The van der Waals surface area contributed by atoms with Crippen LogP contribution in [0.5, 0.6) is 0 Å². The number of fused-ring (bicyclic) bond motifs is 1. The summed E-state index contributed by atoms with van der Waals surface area (Å²) < 4.78 is 4.40. The zero-order chi connectivity index (χ0) is 13.9. The first-order valence-electron chi connectivity index (χ1n) is 6.08. The molecule has 100 valence electrons. The summed E-state index contributed by atoms with van der Waals surface area (Å²) in [6, 6.07) is 13.9. The third kappa shape index (κ3) is 2.18. The lowest BCUT2D eigenvalue weighted by Crippen LogP contribution is -2.24. The van der Waals surface area contributed by atoms with E-state index in [9.17, 15) is 4.79 Å². The van der Waals surface area contributed by atoms with E-state index in [1.807, 2.05) is 42.5 Å². The molecule has 0 bridgehead atoms. The Balaban J connectivity index is 1.81. The summed E-state index contributed by atoms with van der Waals surface area (Å²) in [6.45, 7) is 0.381. The zero-order valence-electron chi connectivity index (χ0n) is 10.5. The molecule has 1 aromatic heterocycles. The highest BCUT2D eigenvalue weighted by molar-refractivity contribution is 5.96. The van der Waals surface area contributed by atoms with Gasteiger partial charge in [-0.2, -0.15) is 0 Å². The Morgan fingerprint density at radius 1 is 1.15 bits per heavy atom. The van der Waals surface area contributed by atoms with Gasteiger partial charge in [0.05, 0.1) is 0 Å². The molecular formula is C14H12N4O2. The van der Waals surface area contributed by atoms with Crippen molar-refractivity contribution < 1.29 is 9.42 Å². The molecule has 0 saturated heterocycles. The molecule has 0 saturated carbocycles. The van der Waals surface area contributed by atoms with Crippen LogP contribution in [0.2, 0.25) is 0 Å². The minimum absolute atomic E-state index is 0.00485. The van der Waals surface area contributed by atoms with Gasteiger partial charge in [0.15, 0.2) is 0 Å². The Kier molecular flexibility index (Phi) is 3.04. The molecule has 2 aromatic carbocycles. The van der Waals surface area contributed by atoms with Crippen LogP contribution >= 0.6 is 0 Å². The normalized spacial score (nSPS) is 10.6. The summed E-state index contributed by atoms with van der Waals surface area (Å²) in [5.41, 5.74) is 6.50. The van der Waals surface area contributed by atoms with E-state index < -0.39 is 5.91 Å². The number of benzene rings is 2. The second-order valence-electron chi connectivity index (χ2n) is 4.32. The van der Waals surface area contributed by atoms with E-state index in [2.05, 4.69) is 20.3 Å². The lowest BCUT2D eigenvalue weighted by molar-refractivity contribution is 0.0942. The summed E-state index contributed by atoms with van der Waals surface area (Å²) in [5, 5.41) is 11.8. The van der Waals surface area contributed by atoms with Crippen LogP contribution in [0.25, 0.3) is 10.8 Å². The molecule has 0 aliphatic carbocycles. The molecule has 1 heterocycles. The molecule has 0 unspecified atom stereocenters. The SMILES string of the molecule is Nc1nonc1C(=O)NCc1cccc2ccccc12. The highest BCUT2D eigenvalue weighted by Gasteiger charge is 2.15. The fourth-order valence-corrected chi connectivity index (χ4v) is 2.06. The minimum Gasteiger partial charge on any atom is -0.379 e. The van der Waals surface area contributed by atoms with E-state index in [4.69, 9.17) is 5.73 Å². The molecule has 6 nitrogen and oxygen atoms in total. The number of hydrogen-bond donors (Lipinski definition) is 2. The maximum absolute atomic E-state index is 11.9. The second kappa shape index (κ2) is 5.00. The Labute approximate surface area is 114 Å². The van der Waals surface area contributed by atoms with Gasteiger partial charge in [-0.05, 0) is 26.6 Å². The lowest BCUT2D eigenvalue weighted by atomic mass is 10.0. The van der Waals surface area contributed by atoms with Crippen LogP contribution in [0.3, 0.4) is 0 Å². The van der Waals surface area contributed by atoms with Crippen LogP contribution < -0.4 is 11.1 Å². The minimum atomic E-state index is -0.406. The largest absolute Gasteiger partial charge is 0.379 e. The predicted molar refractivity (Wildman–Crippen MR) is 73.8 cm³/mol. The van der Waals surface area contributed by atoms with Crippen LogP contribution in [0.4, 0.5) is 5.82 Å². The molecule has 20 heavy (non-hydrogen) atoms. The van der Waals surface area contributed by atoms with Crippen molar-refractivity contribution in [2.45, 2.75) is 6.54 Å². The van der Waals surface area contributed by atoms with Gasteiger partial charge in [-0.1, -0.05) is 42.5 Å². The molecule has 1 amide bonds. The van der Waals surface area contributed by atoms with Crippen LogP contribution in [0.15, 0.2) is 47.1 Å². The first kappa shape index (κ1) is 12.2. The molecule has 6 heteroatoms. The van der Waals surface area contributed by atoms with Crippen molar-refractivity contribution in [1.29, 1.82) is 0 Å². The molecule has 0 fully saturated rings. The maximum Gasteiger partial charge on any atom is 0.277 e. The predicted octanol–water partition coefficient (Wildman–Crippen LogP) is 1.73. The van der Waals surface area contributed by atoms with Gasteiger partial charge in [-0.3, -0.25) is 4.79 Å². The van der Waals surface area contributed by atoms with Gasteiger partial charge in [-0.25, -0.2) is 4.63 Å². The van der Waals surface area contributed by atoms with Gasteiger partial charge in [0, 0.05) is 6.54 Å². The van der Waals surface area contributed by atoms with Crippen molar-refractivity contribution in [1.82, 2.24) is 15.6 Å². The highest BCUT2D eigenvalue weighted by Crippen LogP contribution is 2.18. The van der Waals surface area contributed by atoms with Crippen molar-refractivity contribution in [3.05, 3.63) is 53.7 Å². The van der Waals surface area contributed by atoms with Gasteiger partial charge < -0.3 is 11.1 Å². The molecule has 3 aromatic rings. The summed E-state index contributed by atoms with van der Waals surface area (Å²) in [4.78, 5) is 11.9. The van der Waals surface area contributed by atoms with Gasteiger partial charge in [0.25, 0.3) is 5.91 Å². The average molecular weight is 268 g/mol. The fraction of sp³-hybridized carbons (Fsp3) is 0.0714. The number of anilines is 1. The Morgan fingerprint density at radius 2 is 1.95 bits per heavy atom. The quantitative estimate of drug-likeness (QED) is 0.754. The maximum atomic E-state index is 11.9. The lowest BCUT2D eigenvalue weighted by Gasteiger charge is -2.07. The monoisotopic (exact) mass is 268 g/mol. The molecule has 0 aliphatic heterocycles. The molecular weight excluding hydrogens is 256 g/mol. The summed E-state index contributed by atoms with van der Waals surface area (Å²) in [5.74, 6) is -0.419. The highest BCUT2D eigenvalue weighted by atomic mass is 16.6. The van der Waals surface area contributed by atoms with Crippen LogP contribution in [-0.4, -0.2) is 16.2 Å². The van der Waals surface area contributed by atoms with Gasteiger partial charge in [0.2, 0.25) is 11.5 Å². The van der Waals surface area contributed by atoms with E-state index in [0.29, 0.717) is 6.54 Å². The van der Waals surface area contributed by atoms with Crippen LogP contribution in [0, 0.1) is 0 Å². The van der Waals surface area contributed by atoms with Crippen molar-refractivity contribution in [3.63, 3.8) is 0 Å². The van der Waals surface area contributed by atoms with Gasteiger partial charge in [-0.15, -0.1) is 0 Å². The van der Waals surface area contributed by atoms with Crippen molar-refractivity contribution in [2.24, 2.45) is 0 Å². The first-order valence-corrected chi connectivity index (χ1v) is 6.08. The number of nitrogens with one attached hydrogen (secondary N) is 1. The smallest absolute Gasteiger partial charge is 0.277 e. The van der Waals surface area contributed by atoms with E-state index in [1.54, 1.807) is 0 Å². The number of aromatic nitrogens is 2. The van der Waals surface area contributed by atoms with E-state index in [-0.39, 0.29) is 11.5 Å². The van der Waals surface area contributed by atoms with Crippen LogP contribution in [-0.2, 0) is 6.54 Å². The molecule has 3 rings (SSSR count). The molecule has 0 aliphatic rings. The number of nitrogens with two attached hydrogens (primary N) is 1. The van der Waals surface area contributed by atoms with E-state index in [0.717, 1.165) is 16.3 Å². The van der Waals surface area contributed by atoms with Gasteiger partial charge in [0.1, 0.15) is 0 Å². The molecule has 0 atom stereocenters. The first-order chi connectivity index (χ1) is 9.75. The summed E-state index contributed by atoms with van der Waals surface area (Å²) in [7, 11) is 0. The Bertz CT molecular complexity index is 761. The third-order valence-corrected chi connectivity index (χ3v) is 3.05. The number of rotatable bonds is 3. The van der Waals surface area contributed by atoms with Crippen LogP contribution in [0.1, 0.15) is 16.1 Å². The van der Waals surface area contributed by atoms with Crippen molar-refractivity contribution in [2.75, 3.05) is 5.73 Å². The molecule has 0 spiro atoms. The zero-order valence-corrected chi connectivity index (χ0v) is 10.5. The standard InChI is InChI=1S/C14H12N4O2/c15-13-12(17-20-18-13)14(19)16-8-10-6-3-5-9-4-1-2-7-11(9)10/h1-7H,8H2,(H2,15,18)(H,16,19). The average Bonchev–Trinajstić information content (AvgIpc) is 2.91. The number of hydrogen-bond acceptors (Lipinski definition) is 5. The number of nitrogens with zero attached hydrogens (tertiary/aromatic N) is 2. The molecule has 0 radical (unpaired) electrons. The summed E-state index contributed by atoms with van der Waals surface area (Å²) in [6.07, 6.45) is 0. The number of amides is 1. The van der Waals surface area contributed by atoms with E-state index >= 15 is 0 Å². The summed E-state index contributed by atoms with van der Waals surface area (Å²) >= 11 is 0. The number of nitrogen functional groups attached to an aromatic ring is 1. The second-order valence-corrected chi connectivity index (χ2v) is 4.32. The van der Waals surface area contributed by atoms with Crippen molar-refractivity contribution in [3.8, 4) is 0 Å². The fourth-order valence-electron chi connectivity index (χ4n) is 2.06. The van der Waals surface area contributed by atoms with Gasteiger partial charge >= 0.3 is 0 Å².